The molecule has 1 aliphatic rings. The summed E-state index contributed by atoms with van der Waals surface area (Å²) in [5.74, 6) is 1.57. The summed E-state index contributed by atoms with van der Waals surface area (Å²) in [5.41, 5.74) is 1.68. The van der Waals surface area contributed by atoms with Crippen LogP contribution in [0.1, 0.15) is 19.3 Å². The summed E-state index contributed by atoms with van der Waals surface area (Å²) in [6.45, 7) is 0.769. The van der Waals surface area contributed by atoms with Gasteiger partial charge in [0.2, 0.25) is 5.91 Å². The standard InChI is InChI=1S/C18H17N5OS/c24-17-6-1-2-10-23(17)13-7-8-15(20-12-13)22-16-5-3-4-14(21-16)18-19-9-11-25-18/h3-5,7-9,11-12H,1-2,6,10H2,(H,20,21,22). The van der Waals surface area contributed by atoms with E-state index in [-0.39, 0.29) is 5.91 Å². The van der Waals surface area contributed by atoms with Crippen molar-refractivity contribution in [3.05, 3.63) is 48.1 Å². The van der Waals surface area contributed by atoms with Crippen molar-refractivity contribution in [2.45, 2.75) is 19.3 Å². The molecule has 3 aromatic rings. The van der Waals surface area contributed by atoms with Gasteiger partial charge in [0.05, 0.1) is 11.9 Å². The number of pyridine rings is 2. The summed E-state index contributed by atoms with van der Waals surface area (Å²) >= 11 is 1.55. The first-order chi connectivity index (χ1) is 12.3. The second-order valence-electron chi connectivity index (χ2n) is 5.77. The number of carbonyl (C=O) groups is 1. The fourth-order valence-corrected chi connectivity index (χ4v) is 3.41. The average Bonchev–Trinajstić information content (AvgIpc) is 3.18. The lowest BCUT2D eigenvalue weighted by Crippen LogP contribution is -2.35. The van der Waals surface area contributed by atoms with E-state index in [4.69, 9.17) is 0 Å². The van der Waals surface area contributed by atoms with Crippen LogP contribution in [-0.4, -0.2) is 27.4 Å². The van der Waals surface area contributed by atoms with E-state index >= 15 is 0 Å². The predicted molar refractivity (Wildman–Crippen MR) is 99.1 cm³/mol. The first-order valence-corrected chi connectivity index (χ1v) is 9.08. The molecule has 1 aliphatic heterocycles. The zero-order valence-corrected chi connectivity index (χ0v) is 14.4. The molecule has 1 amide bonds. The summed E-state index contributed by atoms with van der Waals surface area (Å²) in [7, 11) is 0. The highest BCUT2D eigenvalue weighted by Crippen LogP contribution is 2.24. The number of carbonyl (C=O) groups excluding carboxylic acids is 1. The lowest BCUT2D eigenvalue weighted by molar-refractivity contribution is -0.119. The molecule has 25 heavy (non-hydrogen) atoms. The van der Waals surface area contributed by atoms with Crippen LogP contribution >= 0.6 is 11.3 Å². The molecule has 0 spiro atoms. The van der Waals surface area contributed by atoms with Gasteiger partial charge in [-0.05, 0) is 37.1 Å². The molecule has 4 heterocycles. The van der Waals surface area contributed by atoms with Gasteiger partial charge in [0.25, 0.3) is 0 Å². The fourth-order valence-electron chi connectivity index (χ4n) is 2.80. The highest BCUT2D eigenvalue weighted by atomic mass is 32.1. The molecule has 6 nitrogen and oxygen atoms in total. The Bertz CT molecular complexity index is 863. The zero-order chi connectivity index (χ0) is 17.1. The average molecular weight is 351 g/mol. The van der Waals surface area contributed by atoms with E-state index in [0.717, 1.165) is 35.8 Å². The van der Waals surface area contributed by atoms with Gasteiger partial charge in [-0.15, -0.1) is 11.3 Å². The van der Waals surface area contributed by atoms with Gasteiger partial charge >= 0.3 is 0 Å². The van der Waals surface area contributed by atoms with E-state index in [2.05, 4.69) is 20.3 Å². The maximum absolute atomic E-state index is 12.0. The molecule has 4 rings (SSSR count). The summed E-state index contributed by atoms with van der Waals surface area (Å²) in [6, 6.07) is 9.55. The first kappa shape index (κ1) is 15.7. The minimum Gasteiger partial charge on any atom is -0.325 e. The second-order valence-corrected chi connectivity index (χ2v) is 6.67. The van der Waals surface area contributed by atoms with E-state index in [1.807, 2.05) is 40.6 Å². The van der Waals surface area contributed by atoms with E-state index in [0.29, 0.717) is 18.1 Å². The van der Waals surface area contributed by atoms with Gasteiger partial charge in [-0.1, -0.05) is 6.07 Å². The van der Waals surface area contributed by atoms with Crippen LogP contribution in [0.15, 0.2) is 48.1 Å². The molecule has 0 bridgehead atoms. The van der Waals surface area contributed by atoms with Crippen LogP contribution in [0.5, 0.6) is 0 Å². The van der Waals surface area contributed by atoms with Crippen LogP contribution in [0.4, 0.5) is 17.3 Å². The quantitative estimate of drug-likeness (QED) is 0.773. The molecule has 1 N–H and O–H groups in total. The number of piperidine rings is 1. The first-order valence-electron chi connectivity index (χ1n) is 8.20. The van der Waals surface area contributed by atoms with Gasteiger partial charge in [0.1, 0.15) is 22.3 Å². The Morgan fingerprint density at radius 1 is 1.08 bits per heavy atom. The predicted octanol–water partition coefficient (Wildman–Crippen LogP) is 3.86. The molecular weight excluding hydrogens is 334 g/mol. The summed E-state index contributed by atoms with van der Waals surface area (Å²) in [6.07, 6.45) is 6.14. The fraction of sp³-hybridized carbons (Fsp3) is 0.222. The number of amides is 1. The summed E-state index contributed by atoms with van der Waals surface area (Å²) < 4.78 is 0. The molecule has 1 fully saturated rings. The van der Waals surface area contributed by atoms with Gasteiger partial charge in [0, 0.05) is 24.5 Å². The van der Waals surface area contributed by atoms with Crippen LogP contribution in [0, 0.1) is 0 Å². The zero-order valence-electron chi connectivity index (χ0n) is 13.6. The molecule has 126 valence electrons. The lowest BCUT2D eigenvalue weighted by Gasteiger charge is -2.26. The largest absolute Gasteiger partial charge is 0.325 e. The number of nitrogens with zero attached hydrogens (tertiary/aromatic N) is 4. The number of aromatic nitrogens is 3. The molecule has 0 aliphatic carbocycles. The highest BCUT2D eigenvalue weighted by Gasteiger charge is 2.19. The van der Waals surface area contributed by atoms with E-state index in [9.17, 15) is 4.79 Å². The van der Waals surface area contributed by atoms with Crippen molar-refractivity contribution in [2.24, 2.45) is 0 Å². The van der Waals surface area contributed by atoms with E-state index < -0.39 is 0 Å². The van der Waals surface area contributed by atoms with Crippen LogP contribution in [0.3, 0.4) is 0 Å². The lowest BCUT2D eigenvalue weighted by atomic mass is 10.1. The van der Waals surface area contributed by atoms with Crippen molar-refractivity contribution >= 4 is 34.6 Å². The normalized spacial score (nSPS) is 14.6. The van der Waals surface area contributed by atoms with Crippen LogP contribution in [0.2, 0.25) is 0 Å². The molecule has 0 saturated carbocycles. The Morgan fingerprint density at radius 2 is 2.04 bits per heavy atom. The number of anilines is 3. The third kappa shape index (κ3) is 3.51. The van der Waals surface area contributed by atoms with Crippen molar-refractivity contribution in [2.75, 3.05) is 16.8 Å². The van der Waals surface area contributed by atoms with Gasteiger partial charge in [0.15, 0.2) is 0 Å². The molecule has 1 saturated heterocycles. The maximum atomic E-state index is 12.0. The SMILES string of the molecule is O=C1CCCCN1c1ccc(Nc2cccc(-c3nccs3)n2)nc1. The topological polar surface area (TPSA) is 71.0 Å². The van der Waals surface area contributed by atoms with Gasteiger partial charge in [-0.25, -0.2) is 15.0 Å². The third-order valence-electron chi connectivity index (χ3n) is 4.04. The van der Waals surface area contributed by atoms with Gasteiger partial charge in [-0.2, -0.15) is 0 Å². The monoisotopic (exact) mass is 351 g/mol. The van der Waals surface area contributed by atoms with Gasteiger partial charge < -0.3 is 10.2 Å². The third-order valence-corrected chi connectivity index (χ3v) is 4.84. The molecule has 0 atom stereocenters. The van der Waals surface area contributed by atoms with Crippen LogP contribution in [0.25, 0.3) is 10.7 Å². The molecular formula is C18H17N5OS. The Morgan fingerprint density at radius 3 is 2.80 bits per heavy atom. The molecule has 0 aromatic carbocycles. The Hall–Kier alpha value is -2.80. The van der Waals surface area contributed by atoms with E-state index in [1.165, 1.54) is 0 Å². The summed E-state index contributed by atoms with van der Waals surface area (Å²) in [4.78, 5) is 27.1. The number of thiazole rings is 1. The Balaban J connectivity index is 1.50. The van der Waals surface area contributed by atoms with Crippen molar-refractivity contribution in [3.63, 3.8) is 0 Å². The minimum absolute atomic E-state index is 0.173. The molecule has 0 radical (unpaired) electrons. The van der Waals surface area contributed by atoms with E-state index in [1.54, 1.807) is 23.7 Å². The van der Waals surface area contributed by atoms with Crippen molar-refractivity contribution in [1.82, 2.24) is 15.0 Å². The molecule has 0 unspecified atom stereocenters. The van der Waals surface area contributed by atoms with Crippen LogP contribution in [-0.2, 0) is 4.79 Å². The van der Waals surface area contributed by atoms with Gasteiger partial charge in [-0.3, -0.25) is 4.79 Å². The highest BCUT2D eigenvalue weighted by molar-refractivity contribution is 7.13. The Kier molecular flexibility index (Phi) is 4.39. The van der Waals surface area contributed by atoms with Crippen molar-refractivity contribution < 1.29 is 4.79 Å². The second kappa shape index (κ2) is 6.98. The minimum atomic E-state index is 0.173. The smallest absolute Gasteiger partial charge is 0.227 e. The number of hydrogen-bond donors (Lipinski definition) is 1. The number of nitrogens with one attached hydrogen (secondary N) is 1. The number of rotatable bonds is 4. The maximum Gasteiger partial charge on any atom is 0.227 e. The van der Waals surface area contributed by atoms with Crippen molar-refractivity contribution in [1.29, 1.82) is 0 Å². The number of hydrogen-bond acceptors (Lipinski definition) is 6. The van der Waals surface area contributed by atoms with Crippen molar-refractivity contribution in [3.8, 4) is 10.7 Å². The molecule has 3 aromatic heterocycles. The summed E-state index contributed by atoms with van der Waals surface area (Å²) in [5, 5.41) is 6.01. The Labute approximate surface area is 149 Å². The molecule has 7 heteroatoms. The van der Waals surface area contributed by atoms with Crippen LogP contribution < -0.4 is 10.2 Å².